The summed E-state index contributed by atoms with van der Waals surface area (Å²) in [7, 11) is 0. The second-order valence-corrected chi connectivity index (χ2v) is 9.07. The zero-order valence-corrected chi connectivity index (χ0v) is 19.7. The van der Waals surface area contributed by atoms with E-state index in [2.05, 4.69) is 5.32 Å². The number of ether oxygens (including phenoxy) is 5. The van der Waals surface area contributed by atoms with E-state index in [9.17, 15) is 55.9 Å². The number of hydrogen-bond acceptors (Lipinski definition) is 16. The lowest BCUT2D eigenvalue weighted by Gasteiger charge is -2.48. The van der Waals surface area contributed by atoms with Gasteiger partial charge in [0.1, 0.15) is 73.2 Å². The quantitative estimate of drug-likeness (QED) is 0.135. The van der Waals surface area contributed by atoms with Crippen LogP contribution in [0, 0.1) is 0 Å². The van der Waals surface area contributed by atoms with E-state index < -0.39 is 118 Å². The molecule has 0 aromatic heterocycles. The third-order valence-electron chi connectivity index (χ3n) is 6.50. The van der Waals surface area contributed by atoms with Crippen molar-refractivity contribution < 1.29 is 79.5 Å². The molecule has 0 aliphatic carbocycles. The SMILES string of the molecule is CC(=O)N[C@@H]1[C@@H](O[C@H]2O[C@H](CO)[C@@H](O)[C@H](O)[C@@H]2O[C@H]2O[C@H](CO)[C@@H](O)[C@H](O)[C@@H]2O)[C@@H](O)[C@@H](CO)O[C@H]1O. The fourth-order valence-corrected chi connectivity index (χ4v) is 4.43. The van der Waals surface area contributed by atoms with E-state index in [-0.39, 0.29) is 0 Å². The van der Waals surface area contributed by atoms with Crippen molar-refractivity contribution in [2.75, 3.05) is 19.8 Å². The Morgan fingerprint density at radius 1 is 0.649 bits per heavy atom. The van der Waals surface area contributed by atoms with Crippen molar-refractivity contribution in [3.63, 3.8) is 0 Å². The minimum Gasteiger partial charge on any atom is -0.394 e. The number of aliphatic hydroxyl groups is 10. The van der Waals surface area contributed by atoms with Crippen molar-refractivity contribution in [2.45, 2.75) is 99.0 Å². The Kier molecular flexibility index (Phi) is 10.5. The van der Waals surface area contributed by atoms with E-state index >= 15 is 0 Å². The van der Waals surface area contributed by atoms with Crippen molar-refractivity contribution >= 4 is 5.91 Å². The van der Waals surface area contributed by atoms with Gasteiger partial charge in [0.05, 0.1) is 19.8 Å². The Labute approximate surface area is 210 Å². The highest BCUT2D eigenvalue weighted by molar-refractivity contribution is 5.73. The van der Waals surface area contributed by atoms with Gasteiger partial charge in [-0.2, -0.15) is 0 Å². The molecule has 17 nitrogen and oxygen atoms in total. The fourth-order valence-electron chi connectivity index (χ4n) is 4.43. The van der Waals surface area contributed by atoms with Crippen molar-refractivity contribution in [2.24, 2.45) is 0 Å². The maximum absolute atomic E-state index is 11.7. The summed E-state index contributed by atoms with van der Waals surface area (Å²) < 4.78 is 27.2. The fraction of sp³-hybridized carbons (Fsp3) is 0.950. The van der Waals surface area contributed by atoms with Gasteiger partial charge in [0.15, 0.2) is 18.9 Å². The predicted molar refractivity (Wildman–Crippen MR) is 113 cm³/mol. The van der Waals surface area contributed by atoms with Gasteiger partial charge in [0.25, 0.3) is 0 Å². The summed E-state index contributed by atoms with van der Waals surface area (Å²) in [5.41, 5.74) is 0. The minimum absolute atomic E-state index is 0.654. The van der Waals surface area contributed by atoms with Crippen LogP contribution in [0.5, 0.6) is 0 Å². The van der Waals surface area contributed by atoms with Gasteiger partial charge in [-0.25, -0.2) is 0 Å². The molecule has 0 aromatic rings. The Hall–Kier alpha value is -1.13. The first-order valence-corrected chi connectivity index (χ1v) is 11.6. The summed E-state index contributed by atoms with van der Waals surface area (Å²) in [6.45, 7) is -1.24. The third-order valence-corrected chi connectivity index (χ3v) is 6.50. The third kappa shape index (κ3) is 6.38. The summed E-state index contributed by atoms with van der Waals surface area (Å²) in [4.78, 5) is 11.7. The molecule has 37 heavy (non-hydrogen) atoms. The predicted octanol–water partition coefficient (Wildman–Crippen LogP) is -7.43. The van der Waals surface area contributed by atoms with Crippen LogP contribution in [0.1, 0.15) is 6.92 Å². The molecule has 3 fully saturated rings. The highest BCUT2D eigenvalue weighted by Gasteiger charge is 2.54. The average Bonchev–Trinajstić information content (AvgIpc) is 2.86. The number of aliphatic hydroxyl groups excluding tert-OH is 10. The van der Waals surface area contributed by atoms with Crippen LogP contribution in [-0.4, -0.2) is 169 Å². The second-order valence-electron chi connectivity index (χ2n) is 9.07. The van der Waals surface area contributed by atoms with Crippen molar-refractivity contribution in [1.82, 2.24) is 5.32 Å². The molecule has 11 N–H and O–H groups in total. The summed E-state index contributed by atoms with van der Waals surface area (Å²) in [5, 5.41) is 103. The Bertz CT molecular complexity index is 745. The van der Waals surface area contributed by atoms with Crippen LogP contribution in [0.2, 0.25) is 0 Å². The largest absolute Gasteiger partial charge is 0.394 e. The lowest BCUT2D eigenvalue weighted by atomic mass is 9.95. The average molecular weight is 545 g/mol. The molecule has 3 saturated heterocycles. The van der Waals surface area contributed by atoms with Gasteiger partial charge in [0, 0.05) is 6.92 Å². The Morgan fingerprint density at radius 3 is 1.68 bits per heavy atom. The Morgan fingerprint density at radius 2 is 1.14 bits per heavy atom. The summed E-state index contributed by atoms with van der Waals surface area (Å²) in [5.74, 6) is -0.654. The zero-order valence-electron chi connectivity index (χ0n) is 19.7. The van der Waals surface area contributed by atoms with E-state index in [0.717, 1.165) is 6.92 Å². The van der Waals surface area contributed by atoms with Gasteiger partial charge in [-0.1, -0.05) is 0 Å². The lowest BCUT2D eigenvalue weighted by molar-refractivity contribution is -0.381. The summed E-state index contributed by atoms with van der Waals surface area (Å²) >= 11 is 0. The molecule has 216 valence electrons. The van der Waals surface area contributed by atoms with Crippen LogP contribution in [0.25, 0.3) is 0 Å². The Balaban J connectivity index is 1.90. The maximum Gasteiger partial charge on any atom is 0.217 e. The molecular formula is C20H35NO16. The molecule has 0 aromatic carbocycles. The second kappa shape index (κ2) is 12.8. The molecule has 3 aliphatic heterocycles. The first-order valence-electron chi connectivity index (χ1n) is 11.6. The number of hydrogen-bond donors (Lipinski definition) is 11. The van der Waals surface area contributed by atoms with Crippen LogP contribution in [0.4, 0.5) is 0 Å². The van der Waals surface area contributed by atoms with Crippen LogP contribution in [-0.2, 0) is 28.5 Å². The first-order chi connectivity index (χ1) is 17.4. The molecule has 0 bridgehead atoms. The van der Waals surface area contributed by atoms with Gasteiger partial charge in [-0.3, -0.25) is 4.79 Å². The number of carbonyl (C=O) groups excluding carboxylic acids is 1. The van der Waals surface area contributed by atoms with Gasteiger partial charge in [-0.05, 0) is 0 Å². The molecule has 15 atom stereocenters. The summed E-state index contributed by atoms with van der Waals surface area (Å²) in [6.07, 6.45) is -23.7. The lowest BCUT2D eigenvalue weighted by Crippen LogP contribution is -2.68. The summed E-state index contributed by atoms with van der Waals surface area (Å²) in [6, 6.07) is -1.43. The molecule has 3 aliphatic rings. The van der Waals surface area contributed by atoms with E-state index in [4.69, 9.17) is 23.7 Å². The molecule has 0 radical (unpaired) electrons. The standard InChI is InChI=1S/C20H35NO16/c1-5(25)21-9-16(12(28)8(4-24)33-18(9)32)36-20-17(14(30)11(27)7(3-23)35-20)37-19-15(31)13(29)10(26)6(2-22)34-19/h6-20,22-24,26-32H,2-4H2,1H3,(H,21,25)/t6-,7-,8-,9-,10-,11-,12+,13+,14+,15+,16-,17+,18-,19-,20-/m1/s1. The highest BCUT2D eigenvalue weighted by Crippen LogP contribution is 2.32. The molecule has 3 heterocycles. The van der Waals surface area contributed by atoms with E-state index in [1.165, 1.54) is 0 Å². The van der Waals surface area contributed by atoms with Gasteiger partial charge in [-0.15, -0.1) is 0 Å². The van der Waals surface area contributed by atoms with Crippen LogP contribution in [0.3, 0.4) is 0 Å². The van der Waals surface area contributed by atoms with Crippen LogP contribution < -0.4 is 5.32 Å². The molecule has 0 unspecified atom stereocenters. The van der Waals surface area contributed by atoms with Gasteiger partial charge < -0.3 is 80.1 Å². The molecule has 0 saturated carbocycles. The van der Waals surface area contributed by atoms with Crippen molar-refractivity contribution in [3.8, 4) is 0 Å². The zero-order chi connectivity index (χ0) is 27.6. The van der Waals surface area contributed by atoms with Crippen LogP contribution >= 0.6 is 0 Å². The molecule has 0 spiro atoms. The van der Waals surface area contributed by atoms with Crippen molar-refractivity contribution in [1.29, 1.82) is 0 Å². The van der Waals surface area contributed by atoms with Crippen molar-refractivity contribution in [3.05, 3.63) is 0 Å². The molecule has 1 amide bonds. The monoisotopic (exact) mass is 545 g/mol. The highest BCUT2D eigenvalue weighted by atomic mass is 16.8. The molecule has 17 heteroatoms. The normalized spacial score (nSPS) is 49.0. The van der Waals surface area contributed by atoms with Gasteiger partial charge in [0.2, 0.25) is 5.91 Å². The molecule has 3 rings (SSSR count). The number of carbonyl (C=O) groups is 1. The molecular weight excluding hydrogens is 510 g/mol. The number of amides is 1. The van der Waals surface area contributed by atoms with E-state index in [1.807, 2.05) is 0 Å². The van der Waals surface area contributed by atoms with E-state index in [0.29, 0.717) is 0 Å². The number of nitrogens with one attached hydrogen (secondary N) is 1. The topological polar surface area (TPSA) is 278 Å². The number of rotatable bonds is 8. The van der Waals surface area contributed by atoms with Crippen LogP contribution in [0.15, 0.2) is 0 Å². The van der Waals surface area contributed by atoms with E-state index in [1.54, 1.807) is 0 Å². The smallest absolute Gasteiger partial charge is 0.217 e. The minimum atomic E-state index is -1.90. The van der Waals surface area contributed by atoms with Gasteiger partial charge >= 0.3 is 0 Å². The first kappa shape index (κ1) is 30.4. The maximum atomic E-state index is 11.7.